The van der Waals surface area contributed by atoms with Crippen molar-refractivity contribution in [3.63, 3.8) is 0 Å². The Kier molecular flexibility index (Phi) is 6.03. The number of nitrogens with zero attached hydrogens (tertiary/aromatic N) is 1. The summed E-state index contributed by atoms with van der Waals surface area (Å²) in [6.45, 7) is 7.34. The highest BCUT2D eigenvalue weighted by atomic mass is 32.2. The summed E-state index contributed by atoms with van der Waals surface area (Å²) in [5.74, 6) is -1.05. The molecule has 0 aromatic heterocycles. The summed E-state index contributed by atoms with van der Waals surface area (Å²) in [5, 5.41) is 12.2. The van der Waals surface area contributed by atoms with Crippen LogP contribution in [0.5, 0.6) is 0 Å². The van der Waals surface area contributed by atoms with Gasteiger partial charge in [-0.15, -0.1) is 18.3 Å². The van der Waals surface area contributed by atoms with Crippen molar-refractivity contribution in [1.82, 2.24) is 0 Å². The maximum atomic E-state index is 10.8. The third kappa shape index (κ3) is 4.32. The lowest BCUT2D eigenvalue weighted by Gasteiger charge is -2.13. The lowest BCUT2D eigenvalue weighted by Crippen LogP contribution is -2.25. The molecule has 14 heavy (non-hydrogen) atoms. The third-order valence-corrected chi connectivity index (χ3v) is 2.80. The quantitative estimate of drug-likeness (QED) is 0.418. The predicted molar refractivity (Wildman–Crippen MR) is 58.8 cm³/mol. The fourth-order valence-corrected chi connectivity index (χ4v) is 1.86. The summed E-state index contributed by atoms with van der Waals surface area (Å²) in [6, 6.07) is 0. The zero-order chi connectivity index (χ0) is 11.1. The normalized spacial score (nSPS) is 15.8. The number of carboxylic acids is 1. The van der Waals surface area contributed by atoms with Gasteiger partial charge in [0, 0.05) is 5.25 Å². The molecule has 0 rings (SSSR count). The predicted octanol–water partition coefficient (Wildman–Crippen LogP) is 1.77. The number of thioether (sulfide) groups is 1. The molecule has 2 unspecified atom stereocenters. The average molecular weight is 217 g/mol. The largest absolute Gasteiger partial charge is 0.477 e. The fourth-order valence-electron chi connectivity index (χ4n) is 0.827. The molecule has 80 valence electrons. The van der Waals surface area contributed by atoms with Gasteiger partial charge < -0.3 is 9.94 Å². The first-order valence-corrected chi connectivity index (χ1v) is 5.09. The van der Waals surface area contributed by atoms with Crippen molar-refractivity contribution in [3.05, 3.63) is 12.7 Å². The van der Waals surface area contributed by atoms with Crippen LogP contribution in [0.3, 0.4) is 0 Å². The van der Waals surface area contributed by atoms with E-state index >= 15 is 0 Å². The topological polar surface area (TPSA) is 58.9 Å². The zero-order valence-electron chi connectivity index (χ0n) is 8.56. The van der Waals surface area contributed by atoms with Gasteiger partial charge in [0.2, 0.25) is 0 Å². The van der Waals surface area contributed by atoms with Crippen molar-refractivity contribution in [1.29, 1.82) is 0 Å². The summed E-state index contributed by atoms with van der Waals surface area (Å²) in [5.41, 5.74) is 0.0196. The molecule has 0 bridgehead atoms. The van der Waals surface area contributed by atoms with Gasteiger partial charge in [-0.05, 0) is 13.8 Å². The molecule has 0 heterocycles. The molecule has 1 N–H and O–H groups in total. The van der Waals surface area contributed by atoms with Crippen LogP contribution >= 0.6 is 11.8 Å². The van der Waals surface area contributed by atoms with Gasteiger partial charge in [0.05, 0.1) is 5.25 Å². The summed E-state index contributed by atoms with van der Waals surface area (Å²) >= 11 is 1.47. The van der Waals surface area contributed by atoms with Crippen LogP contribution < -0.4 is 0 Å². The molecule has 4 nitrogen and oxygen atoms in total. The smallest absolute Gasteiger partial charge is 0.354 e. The van der Waals surface area contributed by atoms with E-state index in [9.17, 15) is 4.79 Å². The van der Waals surface area contributed by atoms with Crippen LogP contribution in [0.15, 0.2) is 17.8 Å². The summed E-state index contributed by atoms with van der Waals surface area (Å²) < 4.78 is 0. The lowest BCUT2D eigenvalue weighted by atomic mass is 10.3. The molecule has 0 saturated carbocycles. The fraction of sp³-hybridized carbons (Fsp3) is 0.556. The number of carbonyl (C=O) groups is 1. The molecule has 2 atom stereocenters. The van der Waals surface area contributed by atoms with E-state index in [1.54, 1.807) is 13.0 Å². The Hall–Kier alpha value is -0.970. The van der Waals surface area contributed by atoms with E-state index in [0.717, 1.165) is 0 Å². The van der Waals surface area contributed by atoms with Gasteiger partial charge in [-0.1, -0.05) is 11.2 Å². The first-order valence-electron chi connectivity index (χ1n) is 4.15. The molecule has 0 aliphatic heterocycles. The summed E-state index contributed by atoms with van der Waals surface area (Å²) in [6.07, 6.45) is 1.76. The third-order valence-electron chi connectivity index (χ3n) is 1.54. The van der Waals surface area contributed by atoms with Crippen molar-refractivity contribution in [2.75, 3.05) is 7.11 Å². The van der Waals surface area contributed by atoms with Crippen LogP contribution in [0.1, 0.15) is 13.8 Å². The number of carboxylic acid groups (broad SMARTS) is 1. The molecular weight excluding hydrogens is 202 g/mol. The molecular formula is C9H15NO3S. The molecule has 5 heteroatoms. The molecule has 0 fully saturated rings. The van der Waals surface area contributed by atoms with Crippen LogP contribution in [-0.4, -0.2) is 34.4 Å². The Morgan fingerprint density at radius 1 is 1.64 bits per heavy atom. The first-order chi connectivity index (χ1) is 6.52. The van der Waals surface area contributed by atoms with Gasteiger partial charge in [-0.3, -0.25) is 0 Å². The number of hydrogen-bond donors (Lipinski definition) is 1. The highest BCUT2D eigenvalue weighted by Crippen LogP contribution is 2.19. The first kappa shape index (κ1) is 13.0. The Balaban J connectivity index is 4.45. The van der Waals surface area contributed by atoms with E-state index in [4.69, 9.17) is 5.11 Å². The monoisotopic (exact) mass is 217 g/mol. The summed E-state index contributed by atoms with van der Waals surface area (Å²) in [7, 11) is 1.33. The van der Waals surface area contributed by atoms with Crippen molar-refractivity contribution in [2.24, 2.45) is 5.16 Å². The minimum absolute atomic E-state index is 0.0196. The average Bonchev–Trinajstić information content (AvgIpc) is 2.13. The number of oxime groups is 1. The Bertz CT molecular complexity index is 240. The van der Waals surface area contributed by atoms with Crippen LogP contribution in [0.2, 0.25) is 0 Å². The second-order valence-corrected chi connectivity index (χ2v) is 4.41. The van der Waals surface area contributed by atoms with Crippen LogP contribution in [0.4, 0.5) is 0 Å². The van der Waals surface area contributed by atoms with Gasteiger partial charge in [0.1, 0.15) is 7.11 Å². The molecule has 0 aromatic carbocycles. The molecule has 0 aromatic rings. The van der Waals surface area contributed by atoms with Gasteiger partial charge in [0.15, 0.2) is 5.71 Å². The molecule has 0 amide bonds. The SMILES string of the molecule is C=CC(C)SC(C)C(=NOC)C(=O)O. The minimum Gasteiger partial charge on any atom is -0.477 e. The second-order valence-electron chi connectivity index (χ2n) is 2.68. The van der Waals surface area contributed by atoms with E-state index in [1.807, 2.05) is 6.92 Å². The van der Waals surface area contributed by atoms with Crippen molar-refractivity contribution >= 4 is 23.4 Å². The molecule has 0 aliphatic carbocycles. The van der Waals surface area contributed by atoms with Crippen molar-refractivity contribution < 1.29 is 14.7 Å². The molecule has 0 radical (unpaired) electrons. The van der Waals surface area contributed by atoms with Crippen molar-refractivity contribution in [3.8, 4) is 0 Å². The zero-order valence-corrected chi connectivity index (χ0v) is 9.37. The number of rotatable bonds is 6. The maximum Gasteiger partial charge on any atom is 0.354 e. The molecule has 0 spiro atoms. The Morgan fingerprint density at radius 3 is 2.57 bits per heavy atom. The highest BCUT2D eigenvalue weighted by molar-refractivity contribution is 8.01. The standard InChI is InChI=1S/C9H15NO3S/c1-5-6(2)14-7(3)8(9(11)12)10-13-4/h5-7H,1H2,2-4H3,(H,11,12). The van der Waals surface area contributed by atoms with Crippen LogP contribution in [0, 0.1) is 0 Å². The minimum atomic E-state index is -1.05. The molecule has 0 aliphatic rings. The number of hydrogen-bond acceptors (Lipinski definition) is 4. The van der Waals surface area contributed by atoms with Crippen LogP contribution in [-0.2, 0) is 9.63 Å². The Morgan fingerprint density at radius 2 is 2.21 bits per heavy atom. The van der Waals surface area contributed by atoms with Gasteiger partial charge in [-0.25, -0.2) is 4.79 Å². The molecule has 0 saturated heterocycles. The highest BCUT2D eigenvalue weighted by Gasteiger charge is 2.20. The van der Waals surface area contributed by atoms with E-state index < -0.39 is 5.97 Å². The second kappa shape index (κ2) is 6.48. The lowest BCUT2D eigenvalue weighted by molar-refractivity contribution is -0.129. The van der Waals surface area contributed by atoms with Gasteiger partial charge in [-0.2, -0.15) is 0 Å². The van der Waals surface area contributed by atoms with E-state index in [0.29, 0.717) is 0 Å². The van der Waals surface area contributed by atoms with E-state index in [-0.39, 0.29) is 16.2 Å². The van der Waals surface area contributed by atoms with E-state index in [2.05, 4.69) is 16.6 Å². The van der Waals surface area contributed by atoms with Crippen LogP contribution in [0.25, 0.3) is 0 Å². The van der Waals surface area contributed by atoms with Gasteiger partial charge in [0.25, 0.3) is 0 Å². The van der Waals surface area contributed by atoms with E-state index in [1.165, 1.54) is 18.9 Å². The van der Waals surface area contributed by atoms with Gasteiger partial charge >= 0.3 is 5.97 Å². The van der Waals surface area contributed by atoms with Crippen molar-refractivity contribution in [2.45, 2.75) is 24.3 Å². The Labute approximate surface area is 88.0 Å². The summed E-state index contributed by atoms with van der Waals surface area (Å²) in [4.78, 5) is 15.2. The number of aliphatic carboxylic acids is 1. The maximum absolute atomic E-state index is 10.8.